The van der Waals surface area contributed by atoms with Gasteiger partial charge in [0.1, 0.15) is 0 Å². The van der Waals surface area contributed by atoms with Crippen molar-refractivity contribution in [1.82, 2.24) is 0 Å². The van der Waals surface area contributed by atoms with E-state index in [1.807, 2.05) is 0 Å². The number of ether oxygens (including phenoxy) is 2. The third-order valence-corrected chi connectivity index (χ3v) is 4.20. The lowest BCUT2D eigenvalue weighted by atomic mass is 9.74. The molecule has 1 saturated carbocycles. The number of carbonyl (C=O) groups is 1. The van der Waals surface area contributed by atoms with E-state index in [2.05, 4.69) is 18.6 Å². The molecule has 0 saturated heterocycles. The van der Waals surface area contributed by atoms with E-state index in [4.69, 9.17) is 10.5 Å². The highest BCUT2D eigenvalue weighted by Crippen LogP contribution is 2.37. The fraction of sp³-hybridized carbons (Fsp3) is 0.929. The normalized spacial score (nSPS) is 28.4. The van der Waals surface area contributed by atoms with Crippen LogP contribution in [0.5, 0.6) is 0 Å². The molecule has 0 atom stereocenters. The molecule has 0 aromatic rings. The van der Waals surface area contributed by atoms with Crippen molar-refractivity contribution in [2.24, 2.45) is 17.6 Å². The summed E-state index contributed by atoms with van der Waals surface area (Å²) in [6.07, 6.45) is 4.67. The summed E-state index contributed by atoms with van der Waals surface area (Å²) in [4.78, 5) is 11.1. The molecule has 4 nitrogen and oxygen atoms in total. The largest absolute Gasteiger partial charge is 0.469 e. The van der Waals surface area contributed by atoms with Crippen LogP contribution in [0.4, 0.5) is 0 Å². The molecule has 0 spiro atoms. The molecular formula is C14H27NO3. The molecule has 0 bridgehead atoms. The fourth-order valence-electron chi connectivity index (χ4n) is 2.69. The minimum Gasteiger partial charge on any atom is -0.469 e. The highest BCUT2D eigenvalue weighted by Gasteiger charge is 2.35. The summed E-state index contributed by atoms with van der Waals surface area (Å²) >= 11 is 0. The van der Waals surface area contributed by atoms with E-state index in [9.17, 15) is 4.79 Å². The van der Waals surface area contributed by atoms with E-state index in [0.29, 0.717) is 19.6 Å². The first-order valence-corrected chi connectivity index (χ1v) is 6.94. The molecule has 1 fully saturated rings. The van der Waals surface area contributed by atoms with Crippen molar-refractivity contribution < 1.29 is 14.3 Å². The van der Waals surface area contributed by atoms with Gasteiger partial charge in [-0.2, -0.15) is 0 Å². The average molecular weight is 257 g/mol. The van der Waals surface area contributed by atoms with Crippen LogP contribution < -0.4 is 5.73 Å². The Morgan fingerprint density at radius 3 is 2.44 bits per heavy atom. The van der Waals surface area contributed by atoms with Crippen LogP contribution in [0.2, 0.25) is 0 Å². The number of hydrogen-bond donors (Lipinski definition) is 1. The van der Waals surface area contributed by atoms with Crippen molar-refractivity contribution in [2.45, 2.75) is 51.6 Å². The molecule has 1 aliphatic rings. The van der Waals surface area contributed by atoms with Gasteiger partial charge in [0, 0.05) is 6.54 Å². The van der Waals surface area contributed by atoms with Gasteiger partial charge in [0.2, 0.25) is 0 Å². The predicted octanol–water partition coefficient (Wildman–Crippen LogP) is 2.11. The fourth-order valence-corrected chi connectivity index (χ4v) is 2.69. The van der Waals surface area contributed by atoms with Crippen molar-refractivity contribution in [2.75, 3.05) is 20.3 Å². The van der Waals surface area contributed by atoms with E-state index in [1.54, 1.807) is 0 Å². The van der Waals surface area contributed by atoms with Gasteiger partial charge < -0.3 is 15.2 Å². The Morgan fingerprint density at radius 1 is 1.39 bits per heavy atom. The Kier molecular flexibility index (Phi) is 6.09. The molecule has 0 amide bonds. The van der Waals surface area contributed by atoms with Crippen LogP contribution in [0, 0.1) is 11.8 Å². The molecule has 0 aromatic heterocycles. The van der Waals surface area contributed by atoms with Gasteiger partial charge in [-0.05, 0) is 37.5 Å². The van der Waals surface area contributed by atoms with Crippen LogP contribution in [0.15, 0.2) is 0 Å². The molecule has 0 aromatic carbocycles. The van der Waals surface area contributed by atoms with Gasteiger partial charge in [-0.25, -0.2) is 0 Å². The van der Waals surface area contributed by atoms with Crippen molar-refractivity contribution >= 4 is 5.97 Å². The quantitative estimate of drug-likeness (QED) is 0.740. The Hall–Kier alpha value is -0.610. The van der Waals surface area contributed by atoms with Crippen molar-refractivity contribution in [3.8, 4) is 0 Å². The summed E-state index contributed by atoms with van der Waals surface area (Å²) in [6, 6.07) is 0. The van der Waals surface area contributed by atoms with Gasteiger partial charge in [0.25, 0.3) is 0 Å². The van der Waals surface area contributed by atoms with Crippen LogP contribution >= 0.6 is 0 Å². The van der Waals surface area contributed by atoms with Crippen molar-refractivity contribution in [1.29, 1.82) is 0 Å². The predicted molar refractivity (Wildman–Crippen MR) is 71.2 cm³/mol. The second-order valence-electron chi connectivity index (χ2n) is 5.64. The van der Waals surface area contributed by atoms with Crippen molar-refractivity contribution in [3.05, 3.63) is 0 Å². The molecule has 106 valence electrons. The third kappa shape index (κ3) is 4.25. The summed E-state index contributed by atoms with van der Waals surface area (Å²) in [5, 5.41) is 0. The number of hydrogen-bond acceptors (Lipinski definition) is 4. The second kappa shape index (κ2) is 7.10. The van der Waals surface area contributed by atoms with Gasteiger partial charge in [-0.1, -0.05) is 13.8 Å². The number of carbonyl (C=O) groups excluding carboxylic acids is 1. The first-order valence-electron chi connectivity index (χ1n) is 6.94. The highest BCUT2D eigenvalue weighted by molar-refractivity contribution is 5.69. The molecule has 0 radical (unpaired) electrons. The molecular weight excluding hydrogens is 230 g/mol. The number of methoxy groups -OCH3 is 1. The van der Waals surface area contributed by atoms with E-state index >= 15 is 0 Å². The topological polar surface area (TPSA) is 61.5 Å². The van der Waals surface area contributed by atoms with Gasteiger partial charge in [0.05, 0.1) is 25.7 Å². The Labute approximate surface area is 110 Å². The highest BCUT2D eigenvalue weighted by atomic mass is 16.5. The van der Waals surface area contributed by atoms with E-state index in [-0.39, 0.29) is 11.6 Å². The van der Waals surface area contributed by atoms with Crippen LogP contribution in [0.25, 0.3) is 0 Å². The van der Waals surface area contributed by atoms with Gasteiger partial charge in [-0.15, -0.1) is 0 Å². The maximum absolute atomic E-state index is 11.1. The average Bonchev–Trinajstić information content (AvgIpc) is 2.39. The van der Waals surface area contributed by atoms with E-state index in [1.165, 1.54) is 20.0 Å². The lowest BCUT2D eigenvalue weighted by Crippen LogP contribution is -2.45. The zero-order valence-corrected chi connectivity index (χ0v) is 11.9. The van der Waals surface area contributed by atoms with Gasteiger partial charge in [-0.3, -0.25) is 4.79 Å². The first-order chi connectivity index (χ1) is 8.53. The lowest BCUT2D eigenvalue weighted by Gasteiger charge is -2.40. The van der Waals surface area contributed by atoms with Crippen LogP contribution in [-0.2, 0) is 14.3 Å². The summed E-state index contributed by atoms with van der Waals surface area (Å²) in [5.74, 6) is 1.29. The van der Waals surface area contributed by atoms with Crippen LogP contribution in [0.1, 0.15) is 46.0 Å². The summed E-state index contributed by atoms with van der Waals surface area (Å²) in [7, 11) is 1.40. The zero-order valence-electron chi connectivity index (χ0n) is 11.9. The Bertz CT molecular complexity index is 258. The monoisotopic (exact) mass is 257 g/mol. The molecule has 4 heteroatoms. The number of esters is 1. The van der Waals surface area contributed by atoms with Crippen molar-refractivity contribution in [3.63, 3.8) is 0 Å². The molecule has 18 heavy (non-hydrogen) atoms. The lowest BCUT2D eigenvalue weighted by molar-refractivity contribution is -0.144. The Morgan fingerprint density at radius 2 is 2.00 bits per heavy atom. The Balaban J connectivity index is 2.38. The third-order valence-electron chi connectivity index (χ3n) is 4.20. The molecule has 1 aliphatic carbocycles. The minimum absolute atomic E-state index is 0.209. The maximum atomic E-state index is 11.1. The summed E-state index contributed by atoms with van der Waals surface area (Å²) in [6.45, 7) is 5.51. The molecule has 0 aliphatic heterocycles. The molecule has 0 unspecified atom stereocenters. The van der Waals surface area contributed by atoms with Crippen LogP contribution in [0.3, 0.4) is 0 Å². The molecule has 0 heterocycles. The smallest absolute Gasteiger partial charge is 0.307 e. The van der Waals surface area contributed by atoms with E-state index < -0.39 is 0 Å². The number of rotatable bonds is 6. The van der Waals surface area contributed by atoms with E-state index in [0.717, 1.165) is 24.7 Å². The van der Waals surface area contributed by atoms with Gasteiger partial charge >= 0.3 is 5.97 Å². The summed E-state index contributed by atoms with van der Waals surface area (Å²) < 4.78 is 10.5. The number of nitrogens with two attached hydrogens (primary N) is 1. The van der Waals surface area contributed by atoms with Gasteiger partial charge in [0.15, 0.2) is 0 Å². The standard InChI is InChI=1S/C14H27NO3/c1-11(2)12-4-7-14(10-15,8-5-12)18-9-6-13(16)17-3/h11-12H,4-10,15H2,1-3H3. The summed E-state index contributed by atoms with van der Waals surface area (Å²) in [5.41, 5.74) is 5.66. The SMILES string of the molecule is COC(=O)CCOC1(CN)CCC(C(C)C)CC1. The zero-order chi connectivity index (χ0) is 13.6. The van der Waals surface area contributed by atoms with Crippen LogP contribution in [-0.4, -0.2) is 31.8 Å². The second-order valence-corrected chi connectivity index (χ2v) is 5.64. The molecule has 2 N–H and O–H groups in total. The molecule has 1 rings (SSSR count). The minimum atomic E-state index is -0.224. The first kappa shape index (κ1) is 15.4. The maximum Gasteiger partial charge on any atom is 0.307 e.